The van der Waals surface area contributed by atoms with Gasteiger partial charge in [0, 0.05) is 51.3 Å². The van der Waals surface area contributed by atoms with Crippen molar-refractivity contribution >= 4 is 11.8 Å². The first kappa shape index (κ1) is 24.4. The Morgan fingerprint density at radius 1 is 1.14 bits per heavy atom. The fourth-order valence-corrected chi connectivity index (χ4v) is 4.65. The number of carbonyl (C=O) groups is 2. The summed E-state index contributed by atoms with van der Waals surface area (Å²) in [5.74, 6) is 1.21. The molecule has 1 unspecified atom stereocenters. The van der Waals surface area contributed by atoms with E-state index in [-0.39, 0.29) is 30.0 Å². The summed E-state index contributed by atoms with van der Waals surface area (Å²) in [4.78, 5) is 31.4. The number of aromatic nitrogens is 2. The molecule has 1 aromatic heterocycles. The molecule has 1 aliphatic rings. The van der Waals surface area contributed by atoms with E-state index in [9.17, 15) is 14.0 Å². The molecule has 0 radical (unpaired) electrons. The maximum Gasteiger partial charge on any atom is 0.245 e. The molecule has 4 rings (SSSR count). The average Bonchev–Trinajstić information content (AvgIpc) is 3.33. The molecule has 3 aromatic rings. The second-order valence-corrected chi connectivity index (χ2v) is 8.91. The van der Waals surface area contributed by atoms with Gasteiger partial charge in [0.1, 0.15) is 23.4 Å². The predicted octanol–water partition coefficient (Wildman–Crippen LogP) is 3.53. The number of imidazole rings is 1. The number of methoxy groups -OCH3 is 1. The number of likely N-dealkylation sites (tertiary alicyclic amines) is 1. The molecule has 1 aliphatic heterocycles. The van der Waals surface area contributed by atoms with Gasteiger partial charge in [-0.05, 0) is 42.2 Å². The zero-order chi connectivity index (χ0) is 24.8. The van der Waals surface area contributed by atoms with Gasteiger partial charge in [0.15, 0.2) is 0 Å². The standard InChI is InChI=1S/C27H31FN4O3/c1-19(33)30-25(17-22-5-3-4-6-24(22)28)27(34)31-14-11-21(12-15-31)26-29-13-16-32(26)18-20-7-9-23(35-2)10-8-20/h3-10,13,16,21,25H,11-12,14-15,17-18H2,1-2H3,(H,30,33). The van der Waals surface area contributed by atoms with Gasteiger partial charge in [0.25, 0.3) is 0 Å². The number of piperidine rings is 1. The quantitative estimate of drug-likeness (QED) is 0.537. The number of nitrogens with one attached hydrogen (secondary N) is 1. The minimum absolute atomic E-state index is 0.122. The lowest BCUT2D eigenvalue weighted by Gasteiger charge is -2.34. The molecular formula is C27H31FN4O3. The second-order valence-electron chi connectivity index (χ2n) is 8.91. The number of nitrogens with zero attached hydrogens (tertiary/aromatic N) is 3. The molecular weight excluding hydrogens is 447 g/mol. The molecule has 0 saturated carbocycles. The van der Waals surface area contributed by atoms with E-state index in [0.717, 1.165) is 30.0 Å². The first-order chi connectivity index (χ1) is 16.9. The Morgan fingerprint density at radius 2 is 1.86 bits per heavy atom. The van der Waals surface area contributed by atoms with Crippen LogP contribution in [0, 0.1) is 5.82 Å². The summed E-state index contributed by atoms with van der Waals surface area (Å²) in [5, 5.41) is 2.71. The summed E-state index contributed by atoms with van der Waals surface area (Å²) in [6.45, 7) is 3.21. The molecule has 2 aromatic carbocycles. The van der Waals surface area contributed by atoms with Crippen molar-refractivity contribution in [3.8, 4) is 5.75 Å². The maximum atomic E-state index is 14.2. The highest BCUT2D eigenvalue weighted by Gasteiger charge is 2.31. The minimum Gasteiger partial charge on any atom is -0.497 e. The fraction of sp³-hybridized carbons (Fsp3) is 0.370. The number of halogens is 1. The molecule has 0 spiro atoms. The van der Waals surface area contributed by atoms with Crippen LogP contribution in [0.25, 0.3) is 0 Å². The van der Waals surface area contributed by atoms with Crippen molar-refractivity contribution < 1.29 is 18.7 Å². The molecule has 2 amide bonds. The summed E-state index contributed by atoms with van der Waals surface area (Å²) in [6.07, 6.45) is 5.48. The molecule has 0 aliphatic carbocycles. The van der Waals surface area contributed by atoms with Crippen LogP contribution < -0.4 is 10.1 Å². The van der Waals surface area contributed by atoms with Crippen molar-refractivity contribution in [2.45, 2.75) is 44.7 Å². The Hall–Kier alpha value is -3.68. The third-order valence-electron chi connectivity index (χ3n) is 6.49. The molecule has 7 nitrogen and oxygen atoms in total. The van der Waals surface area contributed by atoms with Crippen molar-refractivity contribution in [1.82, 2.24) is 19.8 Å². The normalized spacial score (nSPS) is 15.0. The number of carbonyl (C=O) groups excluding carboxylic acids is 2. The summed E-state index contributed by atoms with van der Waals surface area (Å²) >= 11 is 0. The summed E-state index contributed by atoms with van der Waals surface area (Å²) in [5.41, 5.74) is 1.57. The van der Waals surface area contributed by atoms with Crippen LogP contribution in [0.2, 0.25) is 0 Å². The number of amides is 2. The van der Waals surface area contributed by atoms with E-state index in [1.165, 1.54) is 13.0 Å². The zero-order valence-corrected chi connectivity index (χ0v) is 20.1. The van der Waals surface area contributed by atoms with Crippen molar-refractivity contribution in [2.24, 2.45) is 0 Å². The lowest BCUT2D eigenvalue weighted by Crippen LogP contribution is -2.51. The van der Waals surface area contributed by atoms with E-state index in [4.69, 9.17) is 4.74 Å². The van der Waals surface area contributed by atoms with Gasteiger partial charge in [-0.1, -0.05) is 30.3 Å². The third kappa shape index (κ3) is 6.07. The molecule has 1 atom stereocenters. The van der Waals surface area contributed by atoms with Gasteiger partial charge in [0.2, 0.25) is 11.8 Å². The van der Waals surface area contributed by atoms with E-state index < -0.39 is 6.04 Å². The van der Waals surface area contributed by atoms with Crippen molar-refractivity contribution in [3.05, 3.63) is 83.7 Å². The van der Waals surface area contributed by atoms with E-state index in [1.807, 2.05) is 36.7 Å². The Kier molecular flexibility index (Phi) is 7.80. The van der Waals surface area contributed by atoms with E-state index >= 15 is 0 Å². The molecule has 184 valence electrons. The SMILES string of the molecule is COc1ccc(Cn2ccnc2C2CCN(C(=O)C(Cc3ccccc3F)NC(C)=O)CC2)cc1. The second kappa shape index (κ2) is 11.2. The fourth-order valence-electron chi connectivity index (χ4n) is 4.65. The highest BCUT2D eigenvalue weighted by molar-refractivity contribution is 5.87. The first-order valence-electron chi connectivity index (χ1n) is 11.9. The average molecular weight is 479 g/mol. The molecule has 8 heteroatoms. The van der Waals surface area contributed by atoms with Crippen LogP contribution in [0.4, 0.5) is 4.39 Å². The smallest absolute Gasteiger partial charge is 0.245 e. The van der Waals surface area contributed by atoms with Gasteiger partial charge in [-0.2, -0.15) is 0 Å². The maximum absolute atomic E-state index is 14.2. The summed E-state index contributed by atoms with van der Waals surface area (Å²) in [6, 6.07) is 13.5. The van der Waals surface area contributed by atoms with Crippen LogP contribution >= 0.6 is 0 Å². The van der Waals surface area contributed by atoms with Crippen molar-refractivity contribution in [3.63, 3.8) is 0 Å². The lowest BCUT2D eigenvalue weighted by atomic mass is 9.94. The molecule has 35 heavy (non-hydrogen) atoms. The van der Waals surface area contributed by atoms with Crippen LogP contribution in [0.15, 0.2) is 60.9 Å². The summed E-state index contributed by atoms with van der Waals surface area (Å²) in [7, 11) is 1.65. The minimum atomic E-state index is -0.794. The van der Waals surface area contributed by atoms with Gasteiger partial charge < -0.3 is 19.5 Å². The van der Waals surface area contributed by atoms with E-state index in [2.05, 4.69) is 14.9 Å². The number of ether oxygens (including phenoxy) is 1. The van der Waals surface area contributed by atoms with Gasteiger partial charge in [-0.15, -0.1) is 0 Å². The Bertz CT molecular complexity index is 1150. The third-order valence-corrected chi connectivity index (χ3v) is 6.49. The Balaban J connectivity index is 1.39. The molecule has 0 bridgehead atoms. The largest absolute Gasteiger partial charge is 0.497 e. The van der Waals surface area contributed by atoms with Crippen molar-refractivity contribution in [1.29, 1.82) is 0 Å². The van der Waals surface area contributed by atoms with Crippen LogP contribution in [-0.4, -0.2) is 52.5 Å². The summed E-state index contributed by atoms with van der Waals surface area (Å²) < 4.78 is 21.6. The van der Waals surface area contributed by atoms with Crippen LogP contribution in [-0.2, 0) is 22.6 Å². The van der Waals surface area contributed by atoms with Crippen LogP contribution in [0.5, 0.6) is 5.75 Å². The van der Waals surface area contributed by atoms with Gasteiger partial charge >= 0.3 is 0 Å². The Morgan fingerprint density at radius 3 is 2.51 bits per heavy atom. The number of hydrogen-bond donors (Lipinski definition) is 1. The number of rotatable bonds is 8. The van der Waals surface area contributed by atoms with Gasteiger partial charge in [-0.25, -0.2) is 9.37 Å². The van der Waals surface area contributed by atoms with E-state index in [1.54, 1.807) is 30.2 Å². The van der Waals surface area contributed by atoms with Crippen LogP contribution in [0.3, 0.4) is 0 Å². The topological polar surface area (TPSA) is 76.5 Å². The van der Waals surface area contributed by atoms with Gasteiger partial charge in [-0.3, -0.25) is 9.59 Å². The molecule has 2 heterocycles. The zero-order valence-electron chi connectivity index (χ0n) is 20.1. The molecule has 1 saturated heterocycles. The highest BCUT2D eigenvalue weighted by Crippen LogP contribution is 2.28. The van der Waals surface area contributed by atoms with E-state index in [0.29, 0.717) is 25.2 Å². The van der Waals surface area contributed by atoms with Crippen LogP contribution in [0.1, 0.15) is 42.6 Å². The number of benzene rings is 2. The number of hydrogen-bond acceptors (Lipinski definition) is 4. The predicted molar refractivity (Wildman–Crippen MR) is 131 cm³/mol. The first-order valence-corrected chi connectivity index (χ1v) is 11.9. The lowest BCUT2D eigenvalue weighted by molar-refractivity contribution is -0.137. The molecule has 1 fully saturated rings. The highest BCUT2D eigenvalue weighted by atomic mass is 19.1. The monoisotopic (exact) mass is 478 g/mol. The molecule has 1 N–H and O–H groups in total. The van der Waals surface area contributed by atoms with Gasteiger partial charge in [0.05, 0.1) is 7.11 Å². The Labute approximate surface area is 204 Å². The van der Waals surface area contributed by atoms with Crippen molar-refractivity contribution in [2.75, 3.05) is 20.2 Å².